The molecule has 1 fully saturated rings. The molecule has 128 valence electrons. The molecule has 24 heavy (non-hydrogen) atoms. The Morgan fingerprint density at radius 2 is 1.96 bits per heavy atom. The summed E-state index contributed by atoms with van der Waals surface area (Å²) in [6, 6.07) is 1.99. The zero-order chi connectivity index (χ0) is 17.1. The quantitative estimate of drug-likeness (QED) is 0.920. The summed E-state index contributed by atoms with van der Waals surface area (Å²) in [5.74, 6) is 0.951. The molecular weight excluding hydrogens is 324 g/mol. The second kappa shape index (κ2) is 7.36. The van der Waals surface area contributed by atoms with Gasteiger partial charge in [-0.3, -0.25) is 4.79 Å². The Bertz CT molecular complexity index is 696. The molecule has 0 unspecified atom stereocenters. The van der Waals surface area contributed by atoms with Crippen LogP contribution in [0.2, 0.25) is 0 Å². The average Bonchev–Trinajstić information content (AvgIpc) is 3.03. The molecule has 1 N–H and O–H groups in total. The molecule has 7 heteroatoms. The van der Waals surface area contributed by atoms with E-state index >= 15 is 0 Å². The van der Waals surface area contributed by atoms with Crippen molar-refractivity contribution in [2.45, 2.75) is 38.6 Å². The summed E-state index contributed by atoms with van der Waals surface area (Å²) in [6.45, 7) is 2.10. The van der Waals surface area contributed by atoms with Crippen molar-refractivity contribution in [3.05, 3.63) is 29.0 Å². The molecule has 2 aromatic rings. The highest BCUT2D eigenvalue weighted by atomic mass is 32.1. The van der Waals surface area contributed by atoms with Crippen molar-refractivity contribution in [3.8, 4) is 10.8 Å². The second-order valence-corrected chi connectivity index (χ2v) is 7.28. The maximum atomic E-state index is 12.9. The summed E-state index contributed by atoms with van der Waals surface area (Å²) in [5, 5.41) is 9.93. The third-order valence-corrected chi connectivity index (χ3v) is 5.83. The number of carbonyl (C=O) groups excluding carboxylic acids is 1. The van der Waals surface area contributed by atoms with Gasteiger partial charge in [0.25, 0.3) is 5.91 Å². The molecule has 0 aliphatic heterocycles. The lowest BCUT2D eigenvalue weighted by molar-refractivity contribution is 0.0656. The van der Waals surface area contributed by atoms with Crippen molar-refractivity contribution in [1.82, 2.24) is 19.9 Å². The number of hydrogen-bond acceptors (Lipinski definition) is 6. The minimum absolute atomic E-state index is 0.0135. The molecular formula is C17H22N4O2S. The van der Waals surface area contributed by atoms with E-state index in [1.807, 2.05) is 18.9 Å². The van der Waals surface area contributed by atoms with Crippen LogP contribution in [0.15, 0.2) is 18.5 Å². The van der Waals surface area contributed by atoms with Gasteiger partial charge in [0.15, 0.2) is 10.8 Å². The SMILES string of the molecule is Cc1nc(-c2ncccn2)sc1C(=O)N(C)C1CCC(CO)CC1. The van der Waals surface area contributed by atoms with Gasteiger partial charge in [0.1, 0.15) is 4.88 Å². The van der Waals surface area contributed by atoms with Gasteiger partial charge in [0, 0.05) is 32.1 Å². The highest BCUT2D eigenvalue weighted by molar-refractivity contribution is 7.17. The molecule has 0 atom stereocenters. The Balaban J connectivity index is 1.74. The maximum Gasteiger partial charge on any atom is 0.265 e. The monoisotopic (exact) mass is 346 g/mol. The van der Waals surface area contributed by atoms with Crippen molar-refractivity contribution >= 4 is 17.2 Å². The van der Waals surface area contributed by atoms with Crippen molar-refractivity contribution in [2.24, 2.45) is 5.92 Å². The van der Waals surface area contributed by atoms with Gasteiger partial charge in [-0.15, -0.1) is 11.3 Å². The number of carbonyl (C=O) groups is 1. The van der Waals surface area contributed by atoms with Gasteiger partial charge in [0.2, 0.25) is 0 Å². The molecule has 0 radical (unpaired) electrons. The predicted octanol–water partition coefficient (Wildman–Crippen LogP) is 2.53. The molecule has 0 spiro atoms. The van der Waals surface area contributed by atoms with Gasteiger partial charge in [0.05, 0.1) is 5.69 Å². The van der Waals surface area contributed by atoms with Gasteiger partial charge in [-0.1, -0.05) is 0 Å². The van der Waals surface area contributed by atoms with E-state index in [1.54, 1.807) is 18.5 Å². The number of nitrogens with zero attached hydrogens (tertiary/aromatic N) is 4. The van der Waals surface area contributed by atoms with E-state index in [1.165, 1.54) is 11.3 Å². The molecule has 0 bridgehead atoms. The molecule has 2 heterocycles. The van der Waals surface area contributed by atoms with E-state index in [9.17, 15) is 9.90 Å². The highest BCUT2D eigenvalue weighted by Crippen LogP contribution is 2.30. The molecule has 0 aromatic carbocycles. The van der Waals surface area contributed by atoms with Crippen molar-refractivity contribution in [2.75, 3.05) is 13.7 Å². The van der Waals surface area contributed by atoms with Crippen LogP contribution in [0.25, 0.3) is 10.8 Å². The molecule has 2 aromatic heterocycles. The molecule has 1 aliphatic rings. The molecule has 1 amide bonds. The van der Waals surface area contributed by atoms with Crippen LogP contribution < -0.4 is 0 Å². The summed E-state index contributed by atoms with van der Waals surface area (Å²) in [5.41, 5.74) is 0.725. The number of aryl methyl sites for hydroxylation is 1. The zero-order valence-electron chi connectivity index (χ0n) is 14.0. The smallest absolute Gasteiger partial charge is 0.265 e. The van der Waals surface area contributed by atoms with E-state index in [0.29, 0.717) is 21.6 Å². The molecule has 6 nitrogen and oxygen atoms in total. The summed E-state index contributed by atoms with van der Waals surface area (Å²) < 4.78 is 0. The first-order valence-electron chi connectivity index (χ1n) is 8.23. The van der Waals surface area contributed by atoms with Crippen LogP contribution in [-0.2, 0) is 0 Å². The van der Waals surface area contributed by atoms with Gasteiger partial charge < -0.3 is 10.0 Å². The lowest BCUT2D eigenvalue weighted by atomic mass is 9.86. The van der Waals surface area contributed by atoms with Gasteiger partial charge in [-0.05, 0) is 44.6 Å². The van der Waals surface area contributed by atoms with Crippen LogP contribution in [-0.4, -0.2) is 50.6 Å². The van der Waals surface area contributed by atoms with Crippen molar-refractivity contribution in [3.63, 3.8) is 0 Å². The molecule has 3 rings (SSSR count). The first-order valence-corrected chi connectivity index (χ1v) is 9.04. The summed E-state index contributed by atoms with van der Waals surface area (Å²) in [7, 11) is 1.87. The number of hydrogen-bond donors (Lipinski definition) is 1. The standard InChI is InChI=1S/C17H22N4O2S/c1-11-14(24-16(20-11)15-18-8-3-9-19-15)17(23)21(2)13-6-4-12(10-22)5-7-13/h3,8-9,12-13,22H,4-7,10H2,1-2H3. The lowest BCUT2D eigenvalue weighted by Gasteiger charge is -2.34. The third-order valence-electron chi connectivity index (χ3n) is 4.69. The number of rotatable bonds is 4. The minimum Gasteiger partial charge on any atom is -0.396 e. The third kappa shape index (κ3) is 3.47. The van der Waals surface area contributed by atoms with Gasteiger partial charge >= 0.3 is 0 Å². The minimum atomic E-state index is 0.0135. The Hall–Kier alpha value is -1.86. The van der Waals surface area contributed by atoms with E-state index in [2.05, 4.69) is 15.0 Å². The number of thiazole rings is 1. The second-order valence-electron chi connectivity index (χ2n) is 6.28. The highest BCUT2D eigenvalue weighted by Gasteiger charge is 2.29. The fourth-order valence-electron chi connectivity index (χ4n) is 3.14. The number of aliphatic hydroxyl groups excluding tert-OH is 1. The molecule has 0 saturated heterocycles. The number of amides is 1. The Morgan fingerprint density at radius 3 is 2.58 bits per heavy atom. The van der Waals surface area contributed by atoms with Gasteiger partial charge in [-0.25, -0.2) is 15.0 Å². The van der Waals surface area contributed by atoms with E-state index in [-0.39, 0.29) is 18.6 Å². The largest absolute Gasteiger partial charge is 0.396 e. The Labute approximate surface area is 145 Å². The first kappa shape index (κ1) is 17.0. The van der Waals surface area contributed by atoms with Crippen LogP contribution in [0.5, 0.6) is 0 Å². The number of aliphatic hydroxyl groups is 1. The summed E-state index contributed by atoms with van der Waals surface area (Å²) >= 11 is 1.35. The summed E-state index contributed by atoms with van der Waals surface area (Å²) in [4.78, 5) is 28.2. The normalized spacial score (nSPS) is 20.8. The van der Waals surface area contributed by atoms with E-state index in [0.717, 1.165) is 31.4 Å². The maximum absolute atomic E-state index is 12.9. The fourth-order valence-corrected chi connectivity index (χ4v) is 4.14. The van der Waals surface area contributed by atoms with E-state index < -0.39 is 0 Å². The predicted molar refractivity (Wildman–Crippen MR) is 92.8 cm³/mol. The van der Waals surface area contributed by atoms with Crippen LogP contribution in [0.4, 0.5) is 0 Å². The van der Waals surface area contributed by atoms with Crippen LogP contribution in [0.1, 0.15) is 41.0 Å². The lowest BCUT2D eigenvalue weighted by Crippen LogP contribution is -2.39. The van der Waals surface area contributed by atoms with Crippen LogP contribution >= 0.6 is 11.3 Å². The van der Waals surface area contributed by atoms with Crippen LogP contribution in [0, 0.1) is 12.8 Å². The molecule has 1 saturated carbocycles. The first-order chi connectivity index (χ1) is 11.6. The number of aromatic nitrogens is 3. The Morgan fingerprint density at radius 1 is 1.29 bits per heavy atom. The van der Waals surface area contributed by atoms with E-state index in [4.69, 9.17) is 0 Å². The Kier molecular flexibility index (Phi) is 5.20. The zero-order valence-corrected chi connectivity index (χ0v) is 14.8. The topological polar surface area (TPSA) is 79.2 Å². The van der Waals surface area contributed by atoms with Gasteiger partial charge in [-0.2, -0.15) is 0 Å². The van der Waals surface area contributed by atoms with Crippen molar-refractivity contribution in [1.29, 1.82) is 0 Å². The van der Waals surface area contributed by atoms with Crippen molar-refractivity contribution < 1.29 is 9.90 Å². The van der Waals surface area contributed by atoms with Crippen LogP contribution in [0.3, 0.4) is 0 Å². The summed E-state index contributed by atoms with van der Waals surface area (Å²) in [6.07, 6.45) is 7.19. The molecule has 1 aliphatic carbocycles. The average molecular weight is 346 g/mol. The fraction of sp³-hybridized carbons (Fsp3) is 0.529.